The van der Waals surface area contributed by atoms with Crippen LogP contribution in [0.5, 0.6) is 5.75 Å². The lowest BCUT2D eigenvalue weighted by molar-refractivity contribution is -0.143. The SMILES string of the molecule is COc1c(F)cc(C(C)C)cc1C(C(=O)O)N1CC[C@@H](N(CCCCCc2ccc3c(n2)NCCC3)C2=CC=CC(F)(F)C2)C1. The number of aliphatic carboxylic acids is 1. The maximum atomic E-state index is 15.1. The quantitative estimate of drug-likeness (QED) is 0.230. The molecule has 1 saturated heterocycles. The molecule has 1 aromatic carbocycles. The maximum absolute atomic E-state index is 15.1. The molecule has 3 aliphatic rings. The first kappa shape index (κ1) is 32.9. The van der Waals surface area contributed by atoms with Gasteiger partial charge >= 0.3 is 5.97 Å². The molecule has 2 aliphatic heterocycles. The lowest BCUT2D eigenvalue weighted by Gasteiger charge is -2.36. The average Bonchev–Trinajstić information content (AvgIpc) is 3.47. The van der Waals surface area contributed by atoms with Crippen LogP contribution in [0.15, 0.2) is 48.2 Å². The molecule has 10 heteroatoms. The van der Waals surface area contributed by atoms with Crippen LogP contribution < -0.4 is 10.1 Å². The summed E-state index contributed by atoms with van der Waals surface area (Å²) in [7, 11) is 1.34. The van der Waals surface area contributed by atoms with E-state index in [0.29, 0.717) is 37.3 Å². The zero-order valence-corrected chi connectivity index (χ0v) is 26.5. The number of alkyl halides is 2. The van der Waals surface area contributed by atoms with E-state index in [9.17, 15) is 18.7 Å². The number of likely N-dealkylation sites (tertiary alicyclic amines) is 1. The molecule has 45 heavy (non-hydrogen) atoms. The van der Waals surface area contributed by atoms with E-state index in [1.165, 1.54) is 24.8 Å². The summed E-state index contributed by atoms with van der Waals surface area (Å²) in [5.41, 5.74) is 3.85. The molecule has 244 valence electrons. The van der Waals surface area contributed by atoms with Crippen molar-refractivity contribution < 1.29 is 27.8 Å². The first-order valence-electron chi connectivity index (χ1n) is 16.2. The third kappa shape index (κ3) is 7.83. The van der Waals surface area contributed by atoms with Crippen LogP contribution in [0.3, 0.4) is 0 Å². The standard InChI is InChI=1S/C35H45F3N4O3/c1-23(2)25-19-29(32(45-3)30(36)20-25)31(34(43)44)41-18-14-28(22-41)42(27-11-7-15-35(37,38)21-27)17-6-4-5-10-26-13-12-24-9-8-16-39-33(24)40-26/h7,11-13,15,19-20,23,28,31H,4-6,8-10,14,16-18,21-22H2,1-3H3,(H,39,40)(H,43,44)/t28-,31?/m1/s1. The number of nitrogens with one attached hydrogen (secondary N) is 1. The molecule has 0 amide bonds. The highest BCUT2D eigenvalue weighted by molar-refractivity contribution is 5.77. The summed E-state index contributed by atoms with van der Waals surface area (Å²) in [5.74, 6) is -3.71. The number of halogens is 3. The van der Waals surface area contributed by atoms with Gasteiger partial charge in [0.1, 0.15) is 11.9 Å². The molecule has 2 N–H and O–H groups in total. The Morgan fingerprint density at radius 2 is 2.07 bits per heavy atom. The number of ether oxygens (including phenoxy) is 1. The summed E-state index contributed by atoms with van der Waals surface area (Å²) in [6.45, 7) is 6.18. The average molecular weight is 627 g/mol. The van der Waals surface area contributed by atoms with E-state index in [0.717, 1.165) is 62.7 Å². The van der Waals surface area contributed by atoms with Gasteiger partial charge in [-0.3, -0.25) is 9.69 Å². The van der Waals surface area contributed by atoms with E-state index in [1.807, 2.05) is 18.7 Å². The van der Waals surface area contributed by atoms with Gasteiger partial charge in [0, 0.05) is 49.2 Å². The van der Waals surface area contributed by atoms with Crippen LogP contribution in [0.4, 0.5) is 19.0 Å². The van der Waals surface area contributed by atoms with E-state index in [4.69, 9.17) is 9.72 Å². The number of aryl methyl sites for hydroxylation is 2. The molecular formula is C35H45F3N4O3. The van der Waals surface area contributed by atoms with Gasteiger partial charge in [-0.25, -0.2) is 18.2 Å². The zero-order valence-electron chi connectivity index (χ0n) is 26.5. The number of nitrogens with zero attached hydrogens (tertiary/aromatic N) is 3. The van der Waals surface area contributed by atoms with Crippen molar-refractivity contribution in [3.8, 4) is 5.75 Å². The second kappa shape index (κ2) is 14.3. The summed E-state index contributed by atoms with van der Waals surface area (Å²) in [6.07, 6.45) is 10.0. The van der Waals surface area contributed by atoms with E-state index in [2.05, 4.69) is 22.3 Å². The number of hydrogen-bond acceptors (Lipinski definition) is 6. The lowest BCUT2D eigenvalue weighted by atomic mass is 9.95. The fraction of sp³-hybridized carbons (Fsp3) is 0.543. The number of fused-ring (bicyclic) bond motifs is 1. The van der Waals surface area contributed by atoms with Gasteiger partial charge in [-0.05, 0) is 85.9 Å². The number of carboxylic acids is 1. The number of unbranched alkanes of at least 4 members (excludes halogenated alkanes) is 2. The van der Waals surface area contributed by atoms with Crippen molar-refractivity contribution >= 4 is 11.8 Å². The van der Waals surface area contributed by atoms with Gasteiger partial charge in [0.15, 0.2) is 11.6 Å². The maximum Gasteiger partial charge on any atom is 0.325 e. The number of allylic oxidation sites excluding steroid dienone is 4. The van der Waals surface area contributed by atoms with E-state index in [1.54, 1.807) is 12.1 Å². The minimum atomic E-state index is -2.93. The van der Waals surface area contributed by atoms with Crippen LogP contribution in [-0.4, -0.2) is 71.1 Å². The van der Waals surface area contributed by atoms with Crippen molar-refractivity contribution in [3.63, 3.8) is 0 Å². The minimum Gasteiger partial charge on any atom is -0.493 e. The monoisotopic (exact) mass is 626 g/mol. The normalized spacial score (nSPS) is 20.0. The Labute approximate surface area is 264 Å². The molecule has 2 atom stereocenters. The van der Waals surface area contributed by atoms with Crippen molar-refractivity contribution in [2.45, 2.75) is 89.1 Å². The van der Waals surface area contributed by atoms with Crippen molar-refractivity contribution in [1.29, 1.82) is 0 Å². The van der Waals surface area contributed by atoms with Gasteiger partial charge < -0.3 is 20.1 Å². The number of rotatable bonds is 13. The van der Waals surface area contributed by atoms with Crippen molar-refractivity contribution in [2.75, 3.05) is 38.6 Å². The van der Waals surface area contributed by atoms with Gasteiger partial charge in [0.2, 0.25) is 0 Å². The molecule has 0 spiro atoms. The lowest BCUT2D eigenvalue weighted by Crippen LogP contribution is -2.41. The van der Waals surface area contributed by atoms with E-state index in [-0.39, 0.29) is 29.7 Å². The number of pyridine rings is 1. The summed E-state index contributed by atoms with van der Waals surface area (Å²) in [4.78, 5) is 21.3. The van der Waals surface area contributed by atoms with Gasteiger partial charge in [0.05, 0.1) is 13.5 Å². The molecule has 3 heterocycles. The van der Waals surface area contributed by atoms with E-state index >= 15 is 4.39 Å². The Balaban J connectivity index is 1.28. The fourth-order valence-electron chi connectivity index (χ4n) is 6.82. The minimum absolute atomic E-state index is 0.00641. The molecule has 0 bridgehead atoms. The number of carbonyl (C=O) groups is 1. The Kier molecular flexibility index (Phi) is 10.4. The highest BCUT2D eigenvalue weighted by atomic mass is 19.3. The Bertz CT molecular complexity index is 1430. The van der Waals surface area contributed by atoms with Gasteiger partial charge in [0.25, 0.3) is 5.92 Å². The molecule has 1 aromatic heterocycles. The van der Waals surface area contributed by atoms with E-state index < -0.39 is 23.8 Å². The van der Waals surface area contributed by atoms with Crippen LogP contribution in [0, 0.1) is 5.82 Å². The van der Waals surface area contributed by atoms with Gasteiger partial charge in [-0.1, -0.05) is 32.4 Å². The number of anilines is 1. The Morgan fingerprint density at radius 3 is 2.80 bits per heavy atom. The third-order valence-corrected chi connectivity index (χ3v) is 9.19. The summed E-state index contributed by atoms with van der Waals surface area (Å²) in [6, 6.07) is 6.09. The summed E-state index contributed by atoms with van der Waals surface area (Å²) < 4.78 is 49.4. The molecule has 1 fully saturated rings. The van der Waals surface area contributed by atoms with Crippen LogP contribution in [-0.2, 0) is 17.6 Å². The predicted molar refractivity (Wildman–Crippen MR) is 169 cm³/mol. The molecule has 1 unspecified atom stereocenters. The van der Waals surface area contributed by atoms with Crippen LogP contribution in [0.2, 0.25) is 0 Å². The number of methoxy groups -OCH3 is 1. The Morgan fingerprint density at radius 1 is 1.24 bits per heavy atom. The number of carboxylic acid groups (broad SMARTS) is 1. The smallest absolute Gasteiger partial charge is 0.325 e. The molecule has 2 aromatic rings. The molecule has 0 saturated carbocycles. The highest BCUT2D eigenvalue weighted by Gasteiger charge is 2.40. The largest absolute Gasteiger partial charge is 0.493 e. The van der Waals surface area contributed by atoms with Crippen LogP contribution >= 0.6 is 0 Å². The highest BCUT2D eigenvalue weighted by Crippen LogP contribution is 2.39. The van der Waals surface area contributed by atoms with Gasteiger partial charge in [-0.15, -0.1) is 0 Å². The summed E-state index contributed by atoms with van der Waals surface area (Å²) in [5, 5.41) is 13.7. The molecule has 1 aliphatic carbocycles. The number of aromatic nitrogens is 1. The molecule has 5 rings (SSSR count). The predicted octanol–water partition coefficient (Wildman–Crippen LogP) is 7.10. The van der Waals surface area contributed by atoms with Crippen molar-refractivity contribution in [2.24, 2.45) is 0 Å². The zero-order chi connectivity index (χ0) is 32.1. The molecular weight excluding hydrogens is 581 g/mol. The fourth-order valence-corrected chi connectivity index (χ4v) is 6.82. The number of hydrogen-bond donors (Lipinski definition) is 2. The van der Waals surface area contributed by atoms with Gasteiger partial charge in [-0.2, -0.15) is 0 Å². The first-order chi connectivity index (χ1) is 21.6. The van der Waals surface area contributed by atoms with Crippen LogP contribution in [0.25, 0.3) is 0 Å². The molecule has 0 radical (unpaired) electrons. The third-order valence-electron chi connectivity index (χ3n) is 9.19. The van der Waals surface area contributed by atoms with Crippen LogP contribution in [0.1, 0.15) is 86.7 Å². The second-order valence-corrected chi connectivity index (χ2v) is 12.8. The van der Waals surface area contributed by atoms with Crippen molar-refractivity contribution in [3.05, 3.63) is 76.4 Å². The van der Waals surface area contributed by atoms with Crippen molar-refractivity contribution in [1.82, 2.24) is 14.8 Å². The molecule has 7 nitrogen and oxygen atoms in total. The second-order valence-electron chi connectivity index (χ2n) is 12.8. The Hall–Kier alpha value is -3.53. The first-order valence-corrected chi connectivity index (χ1v) is 16.2. The topological polar surface area (TPSA) is 77.9 Å². The summed E-state index contributed by atoms with van der Waals surface area (Å²) >= 11 is 0. The number of benzene rings is 1.